The topological polar surface area (TPSA) is 30.3 Å². The van der Waals surface area contributed by atoms with Gasteiger partial charge < -0.3 is 23.5 Å². The first kappa shape index (κ1) is 43.2. The van der Waals surface area contributed by atoms with E-state index in [0.717, 1.165) is 30.4 Å². The zero-order valence-corrected chi connectivity index (χ0v) is 31.9. The molecule has 1 aliphatic rings. The van der Waals surface area contributed by atoms with Crippen LogP contribution in [0.4, 0.5) is 13.2 Å². The summed E-state index contributed by atoms with van der Waals surface area (Å²) >= 11 is 0. The van der Waals surface area contributed by atoms with Gasteiger partial charge in [-0.2, -0.15) is 16.9 Å². The maximum Gasteiger partial charge on any atom is 2.00 e. The Labute approximate surface area is 279 Å². The number of benzene rings is 1. The molecule has 0 spiro atoms. The van der Waals surface area contributed by atoms with Crippen molar-refractivity contribution in [2.24, 2.45) is 17.8 Å². The second-order valence-electron chi connectivity index (χ2n) is 11.2. The Hall–Kier alpha value is -0.968. The van der Waals surface area contributed by atoms with Crippen molar-refractivity contribution in [3.8, 4) is 11.4 Å². The number of aromatic nitrogens is 2. The van der Waals surface area contributed by atoms with E-state index in [1.165, 1.54) is 82.2 Å². The van der Waals surface area contributed by atoms with Crippen molar-refractivity contribution in [3.05, 3.63) is 55.6 Å². The van der Waals surface area contributed by atoms with Crippen LogP contribution in [-0.2, 0) is 0 Å². The molecule has 1 aromatic carbocycles. The van der Waals surface area contributed by atoms with Gasteiger partial charge in [0.1, 0.15) is 5.75 Å². The van der Waals surface area contributed by atoms with Crippen molar-refractivity contribution in [2.75, 3.05) is 19.6 Å². The van der Waals surface area contributed by atoms with Gasteiger partial charge >= 0.3 is 37.5 Å². The molecule has 1 aromatic heterocycles. The van der Waals surface area contributed by atoms with Crippen LogP contribution in [0.3, 0.4) is 0 Å². The van der Waals surface area contributed by atoms with Crippen LogP contribution >= 0.6 is 0 Å². The fourth-order valence-electron chi connectivity index (χ4n) is 4.16. The minimum Gasteiger partial charge on any atom is -0.406 e. The number of nitrogens with zero attached hydrogens (tertiary/aromatic N) is 3. The monoisotopic (exact) mass is 820 g/mol. The minimum atomic E-state index is -4.67. The van der Waals surface area contributed by atoms with Crippen LogP contribution < -0.4 is 4.74 Å². The Balaban J connectivity index is 0. The van der Waals surface area contributed by atoms with Gasteiger partial charge in [-0.1, -0.05) is 86.5 Å². The van der Waals surface area contributed by atoms with E-state index >= 15 is 0 Å². The molecule has 0 radical (unpaired) electrons. The van der Waals surface area contributed by atoms with Gasteiger partial charge in [-0.15, -0.1) is 13.2 Å². The van der Waals surface area contributed by atoms with E-state index in [0.29, 0.717) is 17.5 Å². The summed E-state index contributed by atoms with van der Waals surface area (Å²) in [6, 6.07) is 7.47. The number of unbranched alkanes of at least 4 members (excludes halogenated alkanes) is 3. The largest absolute Gasteiger partial charge is 2.00 e. The smallest absolute Gasteiger partial charge is 0.406 e. The SMILES string of the molecule is CCCC.CCCCCC(C)CC.Cc1cc(C)n(-c2ccc(OC(F)(F)F)cc2)n1.[CH2-]C1CN(CCC)CC1[CH2-].[U+2]. The number of halogens is 3. The van der Waals surface area contributed by atoms with E-state index in [9.17, 15) is 13.2 Å². The van der Waals surface area contributed by atoms with E-state index in [1.807, 2.05) is 19.9 Å². The van der Waals surface area contributed by atoms with E-state index in [2.05, 4.69) is 70.1 Å². The van der Waals surface area contributed by atoms with E-state index in [1.54, 1.807) is 4.68 Å². The third-order valence-corrected chi connectivity index (χ3v) is 7.01. The summed E-state index contributed by atoms with van der Waals surface area (Å²) in [5.41, 5.74) is 2.45. The first-order chi connectivity index (χ1) is 19.3. The number of hydrogen-bond acceptors (Lipinski definition) is 3. The van der Waals surface area contributed by atoms with Crippen molar-refractivity contribution in [1.29, 1.82) is 0 Å². The Bertz CT molecular complexity index is 890. The zero-order chi connectivity index (χ0) is 31.4. The second-order valence-corrected chi connectivity index (χ2v) is 11.2. The van der Waals surface area contributed by atoms with Crippen LogP contribution in [0.25, 0.3) is 5.69 Å². The third kappa shape index (κ3) is 20.1. The van der Waals surface area contributed by atoms with Gasteiger partial charge in [0.2, 0.25) is 0 Å². The van der Waals surface area contributed by atoms with Crippen molar-refractivity contribution >= 4 is 0 Å². The fraction of sp³-hybridized carbons (Fsp3) is 0.676. The maximum absolute atomic E-state index is 12.0. The van der Waals surface area contributed by atoms with Crippen molar-refractivity contribution in [2.45, 2.75) is 113 Å². The van der Waals surface area contributed by atoms with Crippen LogP contribution in [0.15, 0.2) is 30.3 Å². The summed E-state index contributed by atoms with van der Waals surface area (Å²) in [6.07, 6.45) is 6.22. The number of ether oxygens (including phenoxy) is 1. The third-order valence-electron chi connectivity index (χ3n) is 7.01. The standard InChI is InChI=1S/C12H11F3N2O.C9H17N.C9H20.C4H10.U/c1-8-7-9(2)17(16-8)10-3-5-11(6-4-10)18-12(13,14)15;1-4-5-10-6-8(2)9(3)7-10;1-4-6-7-8-9(3)5-2;1-3-4-2;/h3-7H,1-2H3;8-9H,2-7H2,1H3;9H,4-8H2,1-3H3;3-4H2,1-2H3;/q;-2;;;+2. The zero-order valence-electron chi connectivity index (χ0n) is 27.7. The molecule has 4 nitrogen and oxygen atoms in total. The molecule has 240 valence electrons. The van der Waals surface area contributed by atoms with Crippen molar-refractivity contribution < 1.29 is 49.0 Å². The van der Waals surface area contributed by atoms with Crippen LogP contribution in [0.2, 0.25) is 0 Å². The average Bonchev–Trinajstić information content (AvgIpc) is 3.43. The molecule has 0 bridgehead atoms. The molecule has 1 aliphatic heterocycles. The predicted molar refractivity (Wildman–Crippen MR) is 168 cm³/mol. The Morgan fingerprint density at radius 3 is 1.83 bits per heavy atom. The minimum absolute atomic E-state index is 0. The van der Waals surface area contributed by atoms with Crippen molar-refractivity contribution in [1.82, 2.24) is 14.7 Å². The van der Waals surface area contributed by atoms with E-state index in [4.69, 9.17) is 0 Å². The molecular weight excluding hydrogens is 761 g/mol. The van der Waals surface area contributed by atoms with Gasteiger partial charge in [-0.05, 0) is 76.2 Å². The molecule has 42 heavy (non-hydrogen) atoms. The van der Waals surface area contributed by atoms with Gasteiger partial charge in [0.05, 0.1) is 11.4 Å². The summed E-state index contributed by atoms with van der Waals surface area (Å²) in [5.74, 6) is 1.84. The Kier molecular flexibility index (Phi) is 25.0. The maximum atomic E-state index is 12.0. The molecule has 8 heteroatoms. The molecule has 0 saturated carbocycles. The molecule has 0 aliphatic carbocycles. The van der Waals surface area contributed by atoms with E-state index in [-0.39, 0.29) is 36.9 Å². The van der Waals surface area contributed by atoms with Crippen LogP contribution in [-0.4, -0.2) is 40.7 Å². The number of likely N-dealkylation sites (tertiary alicyclic amines) is 1. The quantitative estimate of drug-likeness (QED) is 0.177. The molecule has 3 rings (SSSR count). The first-order valence-electron chi connectivity index (χ1n) is 15.6. The molecule has 3 unspecified atom stereocenters. The molecule has 2 heterocycles. The molecule has 1 fully saturated rings. The number of alkyl halides is 3. The summed E-state index contributed by atoms with van der Waals surface area (Å²) in [6.45, 7) is 28.8. The van der Waals surface area contributed by atoms with Crippen LogP contribution in [0.5, 0.6) is 5.75 Å². The van der Waals surface area contributed by atoms with Gasteiger partial charge in [0.15, 0.2) is 0 Å². The Morgan fingerprint density at radius 1 is 0.905 bits per heavy atom. The normalized spacial score (nSPS) is 17.0. The summed E-state index contributed by atoms with van der Waals surface area (Å²) < 4.78 is 41.4. The molecule has 2 aromatic rings. The summed E-state index contributed by atoms with van der Waals surface area (Å²) in [7, 11) is 0. The molecular formula is C34H58F3N3OU. The molecule has 1 saturated heterocycles. The molecule has 0 amide bonds. The Morgan fingerprint density at radius 2 is 1.45 bits per heavy atom. The average molecular weight is 820 g/mol. The second kappa shape index (κ2) is 24.4. The van der Waals surface area contributed by atoms with Crippen molar-refractivity contribution in [3.63, 3.8) is 0 Å². The van der Waals surface area contributed by atoms with Crippen LogP contribution in [0, 0.1) is 76.6 Å². The molecule has 3 atom stereocenters. The van der Waals surface area contributed by atoms with Gasteiger partial charge in [0.25, 0.3) is 0 Å². The predicted octanol–water partition coefficient (Wildman–Crippen LogP) is 10.4. The fourth-order valence-corrected chi connectivity index (χ4v) is 4.16. The number of aryl methyl sites for hydroxylation is 2. The van der Waals surface area contributed by atoms with E-state index < -0.39 is 6.36 Å². The summed E-state index contributed by atoms with van der Waals surface area (Å²) in [4.78, 5) is 2.45. The summed E-state index contributed by atoms with van der Waals surface area (Å²) in [5, 5.41) is 4.24. The molecule has 0 N–H and O–H groups in total. The van der Waals surface area contributed by atoms with Gasteiger partial charge in [-0.25, -0.2) is 4.68 Å². The number of hydrogen-bond donors (Lipinski definition) is 0. The number of rotatable bonds is 10. The van der Waals surface area contributed by atoms with Crippen LogP contribution in [0.1, 0.15) is 104 Å². The van der Waals surface area contributed by atoms with Gasteiger partial charge in [0, 0.05) is 5.69 Å². The first-order valence-corrected chi connectivity index (χ1v) is 15.6. The van der Waals surface area contributed by atoms with Gasteiger partial charge in [-0.3, -0.25) is 0 Å².